The summed E-state index contributed by atoms with van der Waals surface area (Å²) in [7, 11) is 1.47. The second-order valence-electron chi connectivity index (χ2n) is 4.49. The summed E-state index contributed by atoms with van der Waals surface area (Å²) < 4.78 is 19.5. The van der Waals surface area contributed by atoms with Crippen LogP contribution in [0.1, 0.15) is 30.4 Å². The van der Waals surface area contributed by atoms with E-state index in [9.17, 15) is 9.18 Å². The molecule has 0 N–H and O–H groups in total. The lowest BCUT2D eigenvalue weighted by molar-refractivity contribution is 0.237. The van der Waals surface area contributed by atoms with Gasteiger partial charge >= 0.3 is 0 Å². The van der Waals surface area contributed by atoms with Gasteiger partial charge in [0.05, 0.1) is 17.7 Å². The molecule has 0 aliphatic heterocycles. The Morgan fingerprint density at radius 2 is 2.22 bits per heavy atom. The van der Waals surface area contributed by atoms with Crippen LogP contribution in [0.15, 0.2) is 11.1 Å². The minimum absolute atomic E-state index is 0.0238. The second kappa shape index (κ2) is 4.71. The van der Waals surface area contributed by atoms with E-state index in [4.69, 9.17) is 16.3 Å². The molecule has 5 heteroatoms. The molecular formula is C13H13ClFNO2. The first-order valence-electron chi connectivity index (χ1n) is 5.68. The summed E-state index contributed by atoms with van der Waals surface area (Å²) in [6.07, 6.45) is 3.64. The van der Waals surface area contributed by atoms with Crippen molar-refractivity contribution in [3.63, 3.8) is 0 Å². The molecule has 0 aromatic heterocycles. The maximum absolute atomic E-state index is 14.3. The Morgan fingerprint density at radius 3 is 2.67 bits per heavy atom. The summed E-state index contributed by atoms with van der Waals surface area (Å²) in [5.74, 6) is -0.145. The fraction of sp³-hybridized carbons (Fsp3) is 0.462. The molecule has 0 spiro atoms. The number of isocyanates is 1. The fourth-order valence-electron chi connectivity index (χ4n) is 2.43. The summed E-state index contributed by atoms with van der Waals surface area (Å²) in [6.45, 7) is 1.78. The number of aliphatic imine (C=N–C) groups is 1. The van der Waals surface area contributed by atoms with E-state index in [1.807, 2.05) is 0 Å². The van der Waals surface area contributed by atoms with E-state index >= 15 is 0 Å². The topological polar surface area (TPSA) is 38.7 Å². The molecule has 0 saturated heterocycles. The number of rotatable bonds is 3. The number of methoxy groups -OCH3 is 1. The zero-order valence-corrected chi connectivity index (χ0v) is 11.0. The monoisotopic (exact) mass is 269 g/mol. The van der Waals surface area contributed by atoms with Gasteiger partial charge in [-0.2, -0.15) is 4.99 Å². The normalized spacial score (nSPS) is 16.7. The van der Waals surface area contributed by atoms with Crippen molar-refractivity contribution in [3.05, 3.63) is 28.0 Å². The Bertz CT molecular complexity index is 534. The number of ether oxygens (including phenoxy) is 1. The molecule has 0 unspecified atom stereocenters. The first kappa shape index (κ1) is 13.1. The van der Waals surface area contributed by atoms with Gasteiger partial charge in [0, 0.05) is 0 Å². The summed E-state index contributed by atoms with van der Waals surface area (Å²) in [5, 5.41) is 0.0238. The van der Waals surface area contributed by atoms with Gasteiger partial charge in [0.25, 0.3) is 0 Å². The fourth-order valence-corrected chi connectivity index (χ4v) is 2.69. The van der Waals surface area contributed by atoms with Crippen molar-refractivity contribution in [3.8, 4) is 5.75 Å². The van der Waals surface area contributed by atoms with Gasteiger partial charge in [0.2, 0.25) is 6.08 Å². The minimum atomic E-state index is -0.854. The van der Waals surface area contributed by atoms with Crippen LogP contribution >= 0.6 is 11.6 Å². The molecular weight excluding hydrogens is 257 g/mol. The molecule has 1 aromatic rings. The summed E-state index contributed by atoms with van der Waals surface area (Å²) in [5.41, 5.74) is 0.156. The van der Waals surface area contributed by atoms with Crippen LogP contribution < -0.4 is 4.74 Å². The third-order valence-corrected chi connectivity index (χ3v) is 3.74. The summed E-state index contributed by atoms with van der Waals surface area (Å²) in [6, 6.07) is 1.51. The minimum Gasteiger partial charge on any atom is -0.496 e. The van der Waals surface area contributed by atoms with Crippen molar-refractivity contribution in [1.29, 1.82) is 0 Å². The first-order chi connectivity index (χ1) is 8.55. The van der Waals surface area contributed by atoms with Crippen molar-refractivity contribution < 1.29 is 13.9 Å². The van der Waals surface area contributed by atoms with Gasteiger partial charge in [-0.1, -0.05) is 11.6 Å². The lowest BCUT2D eigenvalue weighted by atomic mass is 9.71. The molecule has 3 nitrogen and oxygen atoms in total. The van der Waals surface area contributed by atoms with Crippen LogP contribution in [0.25, 0.3) is 0 Å². The molecule has 0 radical (unpaired) electrons. The molecule has 1 fully saturated rings. The highest BCUT2D eigenvalue weighted by atomic mass is 35.5. The van der Waals surface area contributed by atoms with E-state index < -0.39 is 11.4 Å². The number of halogens is 2. The molecule has 0 atom stereocenters. The predicted molar refractivity (Wildman–Crippen MR) is 66.3 cm³/mol. The number of aryl methyl sites for hydroxylation is 1. The first-order valence-corrected chi connectivity index (χ1v) is 6.05. The zero-order chi connectivity index (χ0) is 13.3. The molecule has 1 aromatic carbocycles. The Hall–Kier alpha value is -1.38. The van der Waals surface area contributed by atoms with Crippen LogP contribution in [0, 0.1) is 12.7 Å². The van der Waals surface area contributed by atoms with E-state index in [0.29, 0.717) is 18.6 Å². The molecule has 2 rings (SSSR count). The second-order valence-corrected chi connectivity index (χ2v) is 4.89. The van der Waals surface area contributed by atoms with Crippen LogP contribution in [0.2, 0.25) is 5.02 Å². The van der Waals surface area contributed by atoms with Crippen molar-refractivity contribution in [2.24, 2.45) is 4.99 Å². The van der Waals surface area contributed by atoms with Crippen molar-refractivity contribution in [2.45, 2.75) is 31.7 Å². The molecule has 1 saturated carbocycles. The number of nitrogens with zero attached hydrogens (tertiary/aromatic N) is 1. The molecule has 18 heavy (non-hydrogen) atoms. The number of benzene rings is 1. The molecule has 0 amide bonds. The maximum atomic E-state index is 14.3. The van der Waals surface area contributed by atoms with Crippen LogP contribution in [0.4, 0.5) is 4.39 Å². The van der Waals surface area contributed by atoms with E-state index in [1.54, 1.807) is 6.92 Å². The van der Waals surface area contributed by atoms with Crippen molar-refractivity contribution >= 4 is 17.7 Å². The molecule has 1 aliphatic carbocycles. The Labute approximate surface area is 110 Å². The predicted octanol–water partition coefficient (Wildman–Crippen LogP) is 3.51. The Balaban J connectivity index is 2.72. The smallest absolute Gasteiger partial charge is 0.235 e. The van der Waals surface area contributed by atoms with E-state index in [1.165, 1.54) is 19.3 Å². The van der Waals surface area contributed by atoms with Gasteiger partial charge in [-0.15, -0.1) is 0 Å². The highest BCUT2D eigenvalue weighted by molar-refractivity contribution is 6.31. The lowest BCUT2D eigenvalue weighted by Crippen LogP contribution is -2.33. The van der Waals surface area contributed by atoms with E-state index in [-0.39, 0.29) is 10.6 Å². The summed E-state index contributed by atoms with van der Waals surface area (Å²) >= 11 is 5.86. The molecule has 0 bridgehead atoms. The lowest BCUT2D eigenvalue weighted by Gasteiger charge is -2.38. The van der Waals surface area contributed by atoms with Crippen LogP contribution in [-0.2, 0) is 10.3 Å². The Kier molecular flexibility index (Phi) is 3.42. The molecule has 0 heterocycles. The highest BCUT2D eigenvalue weighted by Gasteiger charge is 2.44. The SMILES string of the molecule is COc1c(C)cc(Cl)c(F)c1C1(N=C=O)CCC1. The quantitative estimate of drug-likeness (QED) is 0.622. The highest BCUT2D eigenvalue weighted by Crippen LogP contribution is 2.50. The molecule has 96 valence electrons. The van der Waals surface area contributed by atoms with Crippen LogP contribution in [-0.4, -0.2) is 13.2 Å². The average molecular weight is 270 g/mol. The van der Waals surface area contributed by atoms with Gasteiger partial charge in [-0.25, -0.2) is 9.18 Å². The van der Waals surface area contributed by atoms with Gasteiger partial charge in [0.15, 0.2) is 5.82 Å². The van der Waals surface area contributed by atoms with Crippen LogP contribution in [0.3, 0.4) is 0 Å². The number of carbonyl (C=O) groups excluding carboxylic acids is 1. The Morgan fingerprint density at radius 1 is 1.56 bits per heavy atom. The maximum Gasteiger partial charge on any atom is 0.235 e. The standard InChI is InChI=1S/C13H13ClFNO2/c1-8-6-9(14)11(15)10(12(8)18-2)13(16-7-17)4-3-5-13/h6H,3-5H2,1-2H3. The largest absolute Gasteiger partial charge is 0.496 e. The van der Waals surface area contributed by atoms with Crippen molar-refractivity contribution in [2.75, 3.05) is 7.11 Å². The van der Waals surface area contributed by atoms with Crippen molar-refractivity contribution in [1.82, 2.24) is 0 Å². The third-order valence-electron chi connectivity index (χ3n) is 3.47. The average Bonchev–Trinajstić information content (AvgIpc) is 2.28. The van der Waals surface area contributed by atoms with E-state index in [0.717, 1.165) is 12.0 Å². The van der Waals surface area contributed by atoms with E-state index in [2.05, 4.69) is 4.99 Å². The van der Waals surface area contributed by atoms with Gasteiger partial charge in [-0.3, -0.25) is 0 Å². The van der Waals surface area contributed by atoms with Crippen LogP contribution in [0.5, 0.6) is 5.75 Å². The van der Waals surface area contributed by atoms with Gasteiger partial charge in [-0.05, 0) is 37.8 Å². The molecule has 1 aliphatic rings. The summed E-state index contributed by atoms with van der Waals surface area (Å²) in [4.78, 5) is 14.4. The van der Waals surface area contributed by atoms with Gasteiger partial charge in [0.1, 0.15) is 11.3 Å². The number of hydrogen-bond acceptors (Lipinski definition) is 3. The van der Waals surface area contributed by atoms with Gasteiger partial charge < -0.3 is 4.74 Å². The number of hydrogen-bond donors (Lipinski definition) is 0. The zero-order valence-electron chi connectivity index (χ0n) is 10.2. The third kappa shape index (κ3) is 1.82.